The second-order valence-electron chi connectivity index (χ2n) is 2.61. The van der Waals surface area contributed by atoms with E-state index in [1.165, 1.54) is 7.11 Å². The first-order chi connectivity index (χ1) is 7.10. The highest BCUT2D eigenvalue weighted by molar-refractivity contribution is 5.89. The molecule has 0 aliphatic rings. The van der Waals surface area contributed by atoms with Crippen LogP contribution < -0.4 is 4.74 Å². The van der Waals surface area contributed by atoms with Crippen molar-refractivity contribution in [3.05, 3.63) is 23.4 Å². The van der Waals surface area contributed by atoms with Gasteiger partial charge in [-0.25, -0.2) is 18.6 Å². The highest BCUT2D eigenvalue weighted by Crippen LogP contribution is 2.27. The summed E-state index contributed by atoms with van der Waals surface area (Å²) in [7, 11) is 2.39. The number of methoxy groups -OCH3 is 2. The molecule has 0 fully saturated rings. The molecule has 0 bridgehead atoms. The predicted octanol–water partition coefficient (Wildman–Crippen LogP) is 1.81. The molecule has 82 valence electrons. The van der Waals surface area contributed by atoms with Crippen LogP contribution in [0.3, 0.4) is 0 Å². The highest BCUT2D eigenvalue weighted by atomic mass is 19.3. The molecule has 1 aromatic rings. The summed E-state index contributed by atoms with van der Waals surface area (Å²) in [5.41, 5.74) is -0.464. The van der Waals surface area contributed by atoms with Gasteiger partial charge in [-0.15, -0.1) is 0 Å². The van der Waals surface area contributed by atoms with E-state index in [0.717, 1.165) is 19.4 Å². The fraction of sp³-hybridized carbons (Fsp3) is 0.333. The van der Waals surface area contributed by atoms with Crippen LogP contribution in [0, 0.1) is 0 Å². The van der Waals surface area contributed by atoms with Crippen LogP contribution >= 0.6 is 0 Å². The van der Waals surface area contributed by atoms with Gasteiger partial charge in [-0.1, -0.05) is 0 Å². The standard InChI is InChI=1S/C9H9F2NO3/c1-14-8-6(7(10)11)3-5(4-12-8)9(13)15-2/h3-4,7H,1-2H3. The lowest BCUT2D eigenvalue weighted by Crippen LogP contribution is -2.05. The third-order valence-electron chi connectivity index (χ3n) is 1.73. The number of aromatic nitrogens is 1. The number of hydrogen-bond donors (Lipinski definition) is 0. The summed E-state index contributed by atoms with van der Waals surface area (Å²) in [5, 5.41) is 0. The zero-order chi connectivity index (χ0) is 11.4. The molecule has 0 aliphatic heterocycles. The number of carbonyl (C=O) groups excluding carboxylic acids is 1. The number of hydrogen-bond acceptors (Lipinski definition) is 4. The van der Waals surface area contributed by atoms with Gasteiger partial charge in [-0.3, -0.25) is 0 Å². The maximum atomic E-state index is 12.5. The van der Waals surface area contributed by atoms with Crippen molar-refractivity contribution in [1.29, 1.82) is 0 Å². The minimum atomic E-state index is -2.75. The Morgan fingerprint density at radius 1 is 1.47 bits per heavy atom. The van der Waals surface area contributed by atoms with Crippen LogP contribution in [0.5, 0.6) is 5.88 Å². The van der Waals surface area contributed by atoms with Gasteiger partial charge in [0.05, 0.1) is 25.3 Å². The van der Waals surface area contributed by atoms with Crippen molar-refractivity contribution in [2.24, 2.45) is 0 Å². The Labute approximate surface area is 84.8 Å². The summed E-state index contributed by atoms with van der Waals surface area (Å²) in [6.45, 7) is 0. The minimum absolute atomic E-state index is 0.0337. The fourth-order valence-corrected chi connectivity index (χ4v) is 1.03. The summed E-state index contributed by atoms with van der Waals surface area (Å²) >= 11 is 0. The Bertz CT molecular complexity index is 368. The van der Waals surface area contributed by atoms with Crippen molar-refractivity contribution in [3.8, 4) is 5.88 Å². The molecule has 0 saturated heterocycles. The molecule has 0 radical (unpaired) electrons. The smallest absolute Gasteiger partial charge is 0.339 e. The Balaban J connectivity index is 3.16. The molecule has 0 atom stereocenters. The molecule has 4 nitrogen and oxygen atoms in total. The Kier molecular flexibility index (Phi) is 3.54. The molecule has 0 spiro atoms. The van der Waals surface area contributed by atoms with Crippen LogP contribution in [0.15, 0.2) is 12.3 Å². The second-order valence-corrected chi connectivity index (χ2v) is 2.61. The summed E-state index contributed by atoms with van der Waals surface area (Å²) in [6.07, 6.45) is -1.63. The maximum Gasteiger partial charge on any atom is 0.339 e. The van der Waals surface area contributed by atoms with Gasteiger partial charge < -0.3 is 9.47 Å². The van der Waals surface area contributed by atoms with Gasteiger partial charge in [0.1, 0.15) is 0 Å². The van der Waals surface area contributed by atoms with E-state index in [-0.39, 0.29) is 11.4 Å². The van der Waals surface area contributed by atoms with Crippen molar-refractivity contribution in [2.75, 3.05) is 14.2 Å². The molecule has 1 rings (SSSR count). The quantitative estimate of drug-likeness (QED) is 0.724. The molecule has 6 heteroatoms. The van der Waals surface area contributed by atoms with E-state index in [1.54, 1.807) is 0 Å². The van der Waals surface area contributed by atoms with E-state index >= 15 is 0 Å². The molecule has 1 aromatic heterocycles. The number of rotatable bonds is 3. The van der Waals surface area contributed by atoms with E-state index in [4.69, 9.17) is 0 Å². The first-order valence-electron chi connectivity index (χ1n) is 4.00. The van der Waals surface area contributed by atoms with Crippen molar-refractivity contribution in [3.63, 3.8) is 0 Å². The number of carbonyl (C=O) groups is 1. The maximum absolute atomic E-state index is 12.5. The van der Waals surface area contributed by atoms with Crippen molar-refractivity contribution in [2.45, 2.75) is 6.43 Å². The molecular formula is C9H9F2NO3. The van der Waals surface area contributed by atoms with Gasteiger partial charge in [-0.2, -0.15) is 0 Å². The van der Waals surface area contributed by atoms with Crippen molar-refractivity contribution in [1.82, 2.24) is 4.98 Å². The van der Waals surface area contributed by atoms with Crippen LogP contribution in [0.25, 0.3) is 0 Å². The number of pyridine rings is 1. The average Bonchev–Trinajstić information content (AvgIpc) is 2.27. The van der Waals surface area contributed by atoms with Crippen molar-refractivity contribution < 1.29 is 23.0 Å². The Morgan fingerprint density at radius 2 is 2.13 bits per heavy atom. The summed E-state index contributed by atoms with van der Waals surface area (Å²) < 4.78 is 34.0. The molecular weight excluding hydrogens is 208 g/mol. The van der Waals surface area contributed by atoms with Gasteiger partial charge in [0.15, 0.2) is 0 Å². The van der Waals surface area contributed by atoms with Crippen LogP contribution in [-0.2, 0) is 4.74 Å². The summed E-state index contributed by atoms with van der Waals surface area (Å²) in [6, 6.07) is 1.00. The average molecular weight is 217 g/mol. The van der Waals surface area contributed by atoms with E-state index < -0.39 is 18.0 Å². The molecule has 15 heavy (non-hydrogen) atoms. The molecule has 0 aliphatic carbocycles. The number of ether oxygens (including phenoxy) is 2. The Morgan fingerprint density at radius 3 is 2.60 bits per heavy atom. The molecule has 0 saturated carbocycles. The third kappa shape index (κ3) is 2.39. The second kappa shape index (κ2) is 4.68. The summed E-state index contributed by atoms with van der Waals surface area (Å²) in [4.78, 5) is 14.6. The largest absolute Gasteiger partial charge is 0.481 e. The lowest BCUT2D eigenvalue weighted by Gasteiger charge is -2.07. The Hall–Kier alpha value is -1.72. The number of esters is 1. The molecule has 0 aromatic carbocycles. The van der Waals surface area contributed by atoms with E-state index in [2.05, 4.69) is 14.5 Å². The zero-order valence-corrected chi connectivity index (χ0v) is 8.16. The topological polar surface area (TPSA) is 48.4 Å². The van der Waals surface area contributed by atoms with Crippen LogP contribution in [-0.4, -0.2) is 25.2 Å². The molecule has 0 unspecified atom stereocenters. The molecule has 1 heterocycles. The van der Waals surface area contributed by atoms with Crippen molar-refractivity contribution >= 4 is 5.97 Å². The SMILES string of the molecule is COC(=O)c1cnc(OC)c(C(F)F)c1. The van der Waals surface area contributed by atoms with Crippen LogP contribution in [0.1, 0.15) is 22.3 Å². The molecule has 0 N–H and O–H groups in total. The van der Waals surface area contributed by atoms with Gasteiger partial charge >= 0.3 is 5.97 Å². The van der Waals surface area contributed by atoms with Gasteiger partial charge in [0.25, 0.3) is 6.43 Å². The molecule has 0 amide bonds. The minimum Gasteiger partial charge on any atom is -0.481 e. The lowest BCUT2D eigenvalue weighted by molar-refractivity contribution is 0.0599. The number of nitrogens with zero attached hydrogens (tertiary/aromatic N) is 1. The highest BCUT2D eigenvalue weighted by Gasteiger charge is 2.18. The van der Waals surface area contributed by atoms with Gasteiger partial charge in [-0.05, 0) is 6.07 Å². The van der Waals surface area contributed by atoms with E-state index in [1.807, 2.05) is 0 Å². The third-order valence-corrected chi connectivity index (χ3v) is 1.73. The van der Waals surface area contributed by atoms with E-state index in [0.29, 0.717) is 0 Å². The normalized spacial score (nSPS) is 10.2. The van der Waals surface area contributed by atoms with Gasteiger partial charge in [0.2, 0.25) is 5.88 Å². The lowest BCUT2D eigenvalue weighted by atomic mass is 10.2. The van der Waals surface area contributed by atoms with Gasteiger partial charge in [0, 0.05) is 6.20 Å². The predicted molar refractivity (Wildman–Crippen MR) is 47.1 cm³/mol. The number of halogens is 2. The fourth-order valence-electron chi connectivity index (χ4n) is 1.03. The first-order valence-corrected chi connectivity index (χ1v) is 4.00. The zero-order valence-electron chi connectivity index (χ0n) is 8.16. The van der Waals surface area contributed by atoms with E-state index in [9.17, 15) is 13.6 Å². The monoisotopic (exact) mass is 217 g/mol. The van der Waals surface area contributed by atoms with Crippen LogP contribution in [0.4, 0.5) is 8.78 Å². The first kappa shape index (κ1) is 11.4. The van der Waals surface area contributed by atoms with Crippen LogP contribution in [0.2, 0.25) is 0 Å². The number of alkyl halides is 2. The summed E-state index contributed by atoms with van der Waals surface area (Å²) in [5.74, 6) is -0.912.